The molecule has 2 N–H and O–H groups in total. The molecule has 0 bridgehead atoms. The second-order valence-electron chi connectivity index (χ2n) is 4.80. The first-order valence-electron chi connectivity index (χ1n) is 5.77. The van der Waals surface area contributed by atoms with Gasteiger partial charge >= 0.3 is 0 Å². The zero-order valence-electron chi connectivity index (χ0n) is 10.1. The first-order chi connectivity index (χ1) is 7.53. The molecule has 5 nitrogen and oxygen atoms in total. The summed E-state index contributed by atoms with van der Waals surface area (Å²) in [7, 11) is 0. The van der Waals surface area contributed by atoms with Gasteiger partial charge in [0.25, 0.3) is 0 Å². The molecule has 0 aliphatic carbocycles. The Labute approximate surface area is 95.3 Å². The summed E-state index contributed by atoms with van der Waals surface area (Å²) in [4.78, 5) is 4.39. The molecule has 2 heterocycles. The number of hydrogen-bond donors (Lipinski definition) is 1. The molecule has 5 heteroatoms. The molecule has 0 spiro atoms. The molecule has 1 aliphatic rings. The maximum atomic E-state index is 6.06. The van der Waals surface area contributed by atoms with Crippen LogP contribution in [0.15, 0.2) is 4.52 Å². The first kappa shape index (κ1) is 11.5. The van der Waals surface area contributed by atoms with Crippen LogP contribution >= 0.6 is 0 Å². The molecule has 2 rings (SSSR count). The summed E-state index contributed by atoms with van der Waals surface area (Å²) in [5.74, 6) is 1.47. The highest BCUT2D eigenvalue weighted by Crippen LogP contribution is 2.29. The van der Waals surface area contributed by atoms with Crippen LogP contribution in [0.4, 0.5) is 0 Å². The first-order valence-corrected chi connectivity index (χ1v) is 5.77. The van der Waals surface area contributed by atoms with Crippen LogP contribution in [0.25, 0.3) is 0 Å². The van der Waals surface area contributed by atoms with E-state index in [4.69, 9.17) is 15.0 Å². The average Bonchev–Trinajstić information content (AvgIpc) is 2.85. The van der Waals surface area contributed by atoms with Crippen molar-refractivity contribution in [1.29, 1.82) is 0 Å². The topological polar surface area (TPSA) is 74.2 Å². The molecule has 1 aromatic rings. The van der Waals surface area contributed by atoms with Crippen molar-refractivity contribution < 1.29 is 9.26 Å². The van der Waals surface area contributed by atoms with Crippen LogP contribution in [-0.4, -0.2) is 22.9 Å². The quantitative estimate of drug-likeness (QED) is 0.844. The van der Waals surface area contributed by atoms with Gasteiger partial charge in [0.05, 0.1) is 24.2 Å². The van der Waals surface area contributed by atoms with E-state index in [-0.39, 0.29) is 12.0 Å². The molecule has 1 fully saturated rings. The molecule has 1 saturated heterocycles. The molecular formula is C11H19N3O2. The SMILES string of the molecule is CCC(C)(N)c1noc(C2COC(C)C2)n1. The van der Waals surface area contributed by atoms with Gasteiger partial charge in [-0.1, -0.05) is 12.1 Å². The van der Waals surface area contributed by atoms with Crippen LogP contribution < -0.4 is 5.73 Å². The van der Waals surface area contributed by atoms with Gasteiger partial charge in [-0.2, -0.15) is 4.98 Å². The van der Waals surface area contributed by atoms with E-state index in [0.29, 0.717) is 18.3 Å². The Morgan fingerprint density at radius 2 is 2.31 bits per heavy atom. The second-order valence-corrected chi connectivity index (χ2v) is 4.80. The number of aromatic nitrogens is 2. The molecule has 3 atom stereocenters. The van der Waals surface area contributed by atoms with Gasteiger partial charge in [-0.05, 0) is 26.7 Å². The van der Waals surface area contributed by atoms with Crippen molar-refractivity contribution in [2.24, 2.45) is 5.73 Å². The highest BCUT2D eigenvalue weighted by atomic mass is 16.5. The van der Waals surface area contributed by atoms with Gasteiger partial charge in [0, 0.05) is 0 Å². The summed E-state index contributed by atoms with van der Waals surface area (Å²) in [6.45, 7) is 6.64. The third kappa shape index (κ3) is 2.10. The molecular weight excluding hydrogens is 206 g/mol. The summed E-state index contributed by atoms with van der Waals surface area (Å²) in [6, 6.07) is 0. The summed E-state index contributed by atoms with van der Waals surface area (Å²) in [6.07, 6.45) is 1.99. The fourth-order valence-electron chi connectivity index (χ4n) is 1.78. The van der Waals surface area contributed by atoms with E-state index in [1.165, 1.54) is 0 Å². The van der Waals surface area contributed by atoms with E-state index in [0.717, 1.165) is 12.8 Å². The van der Waals surface area contributed by atoms with Crippen LogP contribution in [0.3, 0.4) is 0 Å². The summed E-state index contributed by atoms with van der Waals surface area (Å²) >= 11 is 0. The molecule has 0 radical (unpaired) electrons. The van der Waals surface area contributed by atoms with Gasteiger partial charge < -0.3 is 15.0 Å². The van der Waals surface area contributed by atoms with Crippen molar-refractivity contribution in [3.05, 3.63) is 11.7 Å². The van der Waals surface area contributed by atoms with Crippen molar-refractivity contribution in [3.63, 3.8) is 0 Å². The van der Waals surface area contributed by atoms with E-state index in [2.05, 4.69) is 17.1 Å². The van der Waals surface area contributed by atoms with E-state index in [1.54, 1.807) is 0 Å². The normalized spacial score (nSPS) is 29.2. The van der Waals surface area contributed by atoms with Crippen LogP contribution in [0.1, 0.15) is 51.2 Å². The van der Waals surface area contributed by atoms with E-state index in [1.807, 2.05) is 13.8 Å². The van der Waals surface area contributed by atoms with Crippen LogP contribution in [0, 0.1) is 0 Å². The number of rotatable bonds is 3. The predicted molar refractivity (Wildman–Crippen MR) is 58.9 cm³/mol. The fraction of sp³-hybridized carbons (Fsp3) is 0.818. The third-order valence-electron chi connectivity index (χ3n) is 3.23. The zero-order chi connectivity index (χ0) is 11.8. The van der Waals surface area contributed by atoms with Gasteiger partial charge in [0.15, 0.2) is 5.82 Å². The van der Waals surface area contributed by atoms with Crippen molar-refractivity contribution in [2.75, 3.05) is 6.61 Å². The smallest absolute Gasteiger partial charge is 0.232 e. The summed E-state index contributed by atoms with van der Waals surface area (Å²) in [5.41, 5.74) is 5.55. The van der Waals surface area contributed by atoms with Crippen molar-refractivity contribution in [2.45, 2.75) is 51.2 Å². The maximum absolute atomic E-state index is 6.06. The van der Waals surface area contributed by atoms with E-state index < -0.39 is 5.54 Å². The Bertz CT molecular complexity index is 362. The lowest BCUT2D eigenvalue weighted by Crippen LogP contribution is -2.33. The van der Waals surface area contributed by atoms with Crippen LogP contribution in [-0.2, 0) is 10.3 Å². The summed E-state index contributed by atoms with van der Waals surface area (Å²) < 4.78 is 10.7. The lowest BCUT2D eigenvalue weighted by Gasteiger charge is -2.16. The fourth-order valence-corrected chi connectivity index (χ4v) is 1.78. The zero-order valence-corrected chi connectivity index (χ0v) is 10.1. The number of nitrogens with zero attached hydrogens (tertiary/aromatic N) is 2. The standard InChI is InChI=1S/C11H19N3O2/c1-4-11(3,12)10-13-9(16-14-10)8-5-7(2)15-6-8/h7-8H,4-6,12H2,1-3H3. The lowest BCUT2D eigenvalue weighted by atomic mass is 10.00. The van der Waals surface area contributed by atoms with Gasteiger partial charge in [-0.15, -0.1) is 0 Å². The second kappa shape index (κ2) is 4.14. The van der Waals surface area contributed by atoms with Gasteiger partial charge in [-0.25, -0.2) is 0 Å². The molecule has 0 amide bonds. The minimum Gasteiger partial charge on any atom is -0.378 e. The maximum Gasteiger partial charge on any atom is 0.232 e. The largest absolute Gasteiger partial charge is 0.378 e. The Morgan fingerprint density at radius 3 is 2.88 bits per heavy atom. The van der Waals surface area contributed by atoms with Gasteiger partial charge in [-0.3, -0.25) is 0 Å². The van der Waals surface area contributed by atoms with E-state index in [9.17, 15) is 0 Å². The molecule has 0 saturated carbocycles. The lowest BCUT2D eigenvalue weighted by molar-refractivity contribution is 0.122. The number of ether oxygens (including phenoxy) is 1. The monoisotopic (exact) mass is 225 g/mol. The predicted octanol–water partition coefficient (Wildman–Crippen LogP) is 1.55. The van der Waals surface area contributed by atoms with Crippen molar-refractivity contribution in [3.8, 4) is 0 Å². The Morgan fingerprint density at radius 1 is 1.56 bits per heavy atom. The number of nitrogens with two attached hydrogens (primary N) is 1. The Kier molecular flexibility index (Phi) is 2.99. The minimum atomic E-state index is -0.507. The van der Waals surface area contributed by atoms with E-state index >= 15 is 0 Å². The Hall–Kier alpha value is -0.940. The molecule has 1 aliphatic heterocycles. The highest BCUT2D eigenvalue weighted by Gasteiger charge is 2.31. The van der Waals surface area contributed by atoms with Gasteiger partial charge in [0.1, 0.15) is 0 Å². The van der Waals surface area contributed by atoms with Gasteiger partial charge in [0.2, 0.25) is 5.89 Å². The molecule has 1 aromatic heterocycles. The molecule has 0 aromatic carbocycles. The molecule has 3 unspecified atom stereocenters. The molecule has 90 valence electrons. The van der Waals surface area contributed by atoms with Crippen LogP contribution in [0.2, 0.25) is 0 Å². The highest BCUT2D eigenvalue weighted by molar-refractivity contribution is 5.04. The summed E-state index contributed by atoms with van der Waals surface area (Å²) in [5, 5.41) is 3.96. The number of hydrogen-bond acceptors (Lipinski definition) is 5. The Balaban J connectivity index is 2.14. The minimum absolute atomic E-state index is 0.226. The van der Waals surface area contributed by atoms with Crippen molar-refractivity contribution >= 4 is 0 Å². The third-order valence-corrected chi connectivity index (χ3v) is 3.23. The molecule has 16 heavy (non-hydrogen) atoms. The van der Waals surface area contributed by atoms with Crippen molar-refractivity contribution in [1.82, 2.24) is 10.1 Å². The van der Waals surface area contributed by atoms with Crippen LogP contribution in [0.5, 0.6) is 0 Å². The average molecular weight is 225 g/mol.